The van der Waals surface area contributed by atoms with E-state index >= 15 is 0 Å². The average molecular weight is 382 g/mol. The van der Waals surface area contributed by atoms with Crippen molar-refractivity contribution in [2.75, 3.05) is 31.1 Å². The third-order valence-corrected chi connectivity index (χ3v) is 5.77. The van der Waals surface area contributed by atoms with Gasteiger partial charge < -0.3 is 9.80 Å². The molecular weight excluding hydrogens is 355 g/mol. The van der Waals surface area contributed by atoms with E-state index in [9.17, 15) is 9.18 Å². The third-order valence-electron chi connectivity index (χ3n) is 5.77. The Bertz CT molecular complexity index is 800. The second-order valence-electron chi connectivity index (χ2n) is 7.51. The van der Waals surface area contributed by atoms with E-state index in [0.717, 1.165) is 31.6 Å². The van der Waals surface area contributed by atoms with Gasteiger partial charge in [0.05, 0.1) is 0 Å². The number of benzene rings is 2. The van der Waals surface area contributed by atoms with Crippen molar-refractivity contribution >= 4 is 11.6 Å². The van der Waals surface area contributed by atoms with Crippen LogP contribution in [0.2, 0.25) is 0 Å². The molecule has 2 aliphatic heterocycles. The molecule has 2 aliphatic rings. The maximum atomic E-state index is 13.1. The molecule has 0 radical (unpaired) electrons. The Labute approximate surface area is 165 Å². The SMILES string of the molecule is CCc1ccc(C2CC(C(=O)N3CCN(c4ccc(F)cc4)CC3)NN2)cc1. The number of hydrazine groups is 1. The summed E-state index contributed by atoms with van der Waals surface area (Å²) in [7, 11) is 0. The highest BCUT2D eigenvalue weighted by Gasteiger charge is 2.34. The average Bonchev–Trinajstić information content (AvgIpc) is 3.24. The number of aryl methyl sites for hydroxylation is 1. The van der Waals surface area contributed by atoms with E-state index in [0.29, 0.717) is 13.1 Å². The summed E-state index contributed by atoms with van der Waals surface area (Å²) in [6.45, 7) is 5.04. The molecule has 2 saturated heterocycles. The van der Waals surface area contributed by atoms with E-state index in [1.807, 2.05) is 4.90 Å². The lowest BCUT2D eigenvalue weighted by molar-refractivity contribution is -0.133. The minimum atomic E-state index is -0.226. The third kappa shape index (κ3) is 4.03. The second-order valence-corrected chi connectivity index (χ2v) is 7.51. The van der Waals surface area contributed by atoms with Gasteiger partial charge in [-0.2, -0.15) is 0 Å². The summed E-state index contributed by atoms with van der Waals surface area (Å²) in [5, 5.41) is 0. The zero-order valence-electron chi connectivity index (χ0n) is 16.2. The van der Waals surface area contributed by atoms with Crippen LogP contribution in [0.15, 0.2) is 48.5 Å². The molecule has 2 aromatic rings. The fraction of sp³-hybridized carbons (Fsp3) is 0.409. The fourth-order valence-electron chi connectivity index (χ4n) is 3.98. The van der Waals surface area contributed by atoms with Crippen molar-refractivity contribution < 1.29 is 9.18 Å². The molecule has 2 heterocycles. The highest BCUT2D eigenvalue weighted by atomic mass is 19.1. The lowest BCUT2D eigenvalue weighted by Crippen LogP contribution is -2.53. The molecule has 0 aromatic heterocycles. The largest absolute Gasteiger partial charge is 0.368 e. The number of halogens is 1. The van der Waals surface area contributed by atoms with Gasteiger partial charge >= 0.3 is 0 Å². The molecule has 2 unspecified atom stereocenters. The second kappa shape index (κ2) is 8.29. The molecule has 2 fully saturated rings. The van der Waals surface area contributed by atoms with Crippen LogP contribution in [0.4, 0.5) is 10.1 Å². The van der Waals surface area contributed by atoms with Gasteiger partial charge in [-0.25, -0.2) is 15.2 Å². The predicted molar refractivity (Wildman–Crippen MR) is 108 cm³/mol. The summed E-state index contributed by atoms with van der Waals surface area (Å²) in [5.74, 6) is -0.0739. The van der Waals surface area contributed by atoms with Crippen molar-refractivity contribution in [3.8, 4) is 0 Å². The zero-order chi connectivity index (χ0) is 19.5. The molecule has 0 saturated carbocycles. The standard InChI is InChI=1S/C22H27FN4O/c1-2-16-3-5-17(6-4-16)20-15-21(25-24-20)22(28)27-13-11-26(12-14-27)19-9-7-18(23)8-10-19/h3-10,20-21,24-25H,2,11-15H2,1H3. The number of amides is 1. The molecule has 148 valence electrons. The highest BCUT2D eigenvalue weighted by Crippen LogP contribution is 2.24. The number of hydrogen-bond donors (Lipinski definition) is 2. The lowest BCUT2D eigenvalue weighted by atomic mass is 9.99. The first-order valence-corrected chi connectivity index (χ1v) is 10.0. The van der Waals surface area contributed by atoms with Gasteiger partial charge in [-0.3, -0.25) is 4.79 Å². The van der Waals surface area contributed by atoms with Crippen LogP contribution in [0.3, 0.4) is 0 Å². The summed E-state index contributed by atoms with van der Waals surface area (Å²) in [4.78, 5) is 17.0. The smallest absolute Gasteiger partial charge is 0.241 e. The maximum absolute atomic E-state index is 13.1. The first kappa shape index (κ1) is 18.9. The summed E-state index contributed by atoms with van der Waals surface area (Å²) in [6, 6.07) is 15.1. The van der Waals surface area contributed by atoms with Crippen LogP contribution in [-0.4, -0.2) is 43.0 Å². The zero-order valence-corrected chi connectivity index (χ0v) is 16.2. The number of anilines is 1. The predicted octanol–water partition coefficient (Wildman–Crippen LogP) is 2.64. The Morgan fingerprint density at radius 2 is 1.68 bits per heavy atom. The van der Waals surface area contributed by atoms with Crippen LogP contribution in [0.25, 0.3) is 0 Å². The number of rotatable bonds is 4. The Hall–Kier alpha value is -2.44. The monoisotopic (exact) mass is 382 g/mol. The van der Waals surface area contributed by atoms with Crippen molar-refractivity contribution in [1.29, 1.82) is 0 Å². The Morgan fingerprint density at radius 1 is 1.00 bits per heavy atom. The first-order chi connectivity index (χ1) is 13.6. The van der Waals surface area contributed by atoms with Crippen LogP contribution in [0.1, 0.15) is 30.5 Å². The van der Waals surface area contributed by atoms with Gasteiger partial charge in [0.15, 0.2) is 0 Å². The molecule has 2 N–H and O–H groups in total. The summed E-state index contributed by atoms with van der Waals surface area (Å²) in [6.07, 6.45) is 1.78. The molecule has 28 heavy (non-hydrogen) atoms. The van der Waals surface area contributed by atoms with Crippen LogP contribution in [0.5, 0.6) is 0 Å². The van der Waals surface area contributed by atoms with E-state index in [-0.39, 0.29) is 23.8 Å². The topological polar surface area (TPSA) is 47.6 Å². The molecule has 1 amide bonds. The van der Waals surface area contributed by atoms with Gasteiger partial charge in [-0.1, -0.05) is 31.2 Å². The lowest BCUT2D eigenvalue weighted by Gasteiger charge is -2.37. The van der Waals surface area contributed by atoms with Gasteiger partial charge in [0.1, 0.15) is 11.9 Å². The number of piperazine rings is 1. The first-order valence-electron chi connectivity index (χ1n) is 10.0. The van der Waals surface area contributed by atoms with Crippen molar-refractivity contribution in [3.63, 3.8) is 0 Å². The van der Waals surface area contributed by atoms with Gasteiger partial charge in [-0.05, 0) is 48.2 Å². The van der Waals surface area contributed by atoms with E-state index in [4.69, 9.17) is 0 Å². The Balaban J connectivity index is 1.31. The Kier molecular flexibility index (Phi) is 5.59. The van der Waals surface area contributed by atoms with Gasteiger partial charge in [0.2, 0.25) is 5.91 Å². The van der Waals surface area contributed by atoms with Crippen molar-refractivity contribution in [2.24, 2.45) is 0 Å². The number of nitrogens with one attached hydrogen (secondary N) is 2. The summed E-state index contributed by atoms with van der Waals surface area (Å²) < 4.78 is 13.1. The van der Waals surface area contributed by atoms with Gasteiger partial charge in [0, 0.05) is 37.9 Å². The minimum Gasteiger partial charge on any atom is -0.368 e. The van der Waals surface area contributed by atoms with Crippen LogP contribution in [0, 0.1) is 5.82 Å². The normalized spacial score (nSPS) is 22.5. The van der Waals surface area contributed by atoms with Crippen LogP contribution >= 0.6 is 0 Å². The highest BCUT2D eigenvalue weighted by molar-refractivity contribution is 5.82. The Morgan fingerprint density at radius 3 is 2.32 bits per heavy atom. The van der Waals surface area contributed by atoms with E-state index < -0.39 is 0 Å². The number of hydrogen-bond acceptors (Lipinski definition) is 4. The van der Waals surface area contributed by atoms with E-state index in [1.165, 1.54) is 23.3 Å². The fourth-order valence-corrected chi connectivity index (χ4v) is 3.98. The minimum absolute atomic E-state index is 0.152. The summed E-state index contributed by atoms with van der Waals surface area (Å²) >= 11 is 0. The quantitative estimate of drug-likeness (QED) is 0.854. The van der Waals surface area contributed by atoms with Crippen molar-refractivity contribution in [1.82, 2.24) is 15.8 Å². The molecule has 4 rings (SSSR count). The van der Waals surface area contributed by atoms with E-state index in [1.54, 1.807) is 12.1 Å². The van der Waals surface area contributed by atoms with Gasteiger partial charge in [0.25, 0.3) is 0 Å². The number of carbonyl (C=O) groups is 1. The van der Waals surface area contributed by atoms with Crippen molar-refractivity contribution in [3.05, 3.63) is 65.5 Å². The number of carbonyl (C=O) groups excluding carboxylic acids is 1. The molecule has 2 aromatic carbocycles. The molecule has 0 aliphatic carbocycles. The molecule has 6 heteroatoms. The molecule has 5 nitrogen and oxygen atoms in total. The molecule has 0 spiro atoms. The molecule has 0 bridgehead atoms. The summed E-state index contributed by atoms with van der Waals surface area (Å²) in [5.41, 5.74) is 9.99. The molecule has 2 atom stereocenters. The van der Waals surface area contributed by atoms with Crippen molar-refractivity contribution in [2.45, 2.75) is 31.8 Å². The van der Waals surface area contributed by atoms with Crippen LogP contribution < -0.4 is 15.8 Å². The number of nitrogens with zero attached hydrogens (tertiary/aromatic N) is 2. The maximum Gasteiger partial charge on any atom is 0.241 e. The van der Waals surface area contributed by atoms with Gasteiger partial charge in [-0.15, -0.1) is 0 Å². The van der Waals surface area contributed by atoms with E-state index in [2.05, 4.69) is 46.9 Å². The molecular formula is C22H27FN4O. The van der Waals surface area contributed by atoms with Crippen LogP contribution in [-0.2, 0) is 11.2 Å².